The maximum absolute atomic E-state index is 12.5. The number of rotatable bonds is 3. The summed E-state index contributed by atoms with van der Waals surface area (Å²) in [5.74, 6) is 0.602. The van der Waals surface area contributed by atoms with Crippen molar-refractivity contribution < 1.29 is 9.53 Å². The van der Waals surface area contributed by atoms with Crippen LogP contribution in [-0.4, -0.2) is 41.2 Å². The van der Waals surface area contributed by atoms with Gasteiger partial charge in [-0.25, -0.2) is 0 Å². The van der Waals surface area contributed by atoms with Gasteiger partial charge in [0.25, 0.3) is 5.91 Å². The van der Waals surface area contributed by atoms with Gasteiger partial charge in [0.1, 0.15) is 11.4 Å². The highest BCUT2D eigenvalue weighted by Crippen LogP contribution is 2.22. The number of aromatic nitrogens is 2. The van der Waals surface area contributed by atoms with E-state index in [1.54, 1.807) is 18.1 Å². The van der Waals surface area contributed by atoms with Gasteiger partial charge >= 0.3 is 0 Å². The Labute approximate surface area is 134 Å². The molecule has 0 radical (unpaired) electrons. The Morgan fingerprint density at radius 1 is 1.43 bits per heavy atom. The van der Waals surface area contributed by atoms with Gasteiger partial charge in [0.15, 0.2) is 0 Å². The topological polar surface area (TPSA) is 82.0 Å². The smallest absolute Gasteiger partial charge is 0.271 e. The summed E-state index contributed by atoms with van der Waals surface area (Å²) in [4.78, 5) is 14.3. The normalized spacial score (nSPS) is 17.6. The van der Waals surface area contributed by atoms with Crippen molar-refractivity contribution >= 4 is 5.91 Å². The number of hydrogen-bond acceptors (Lipinski definition) is 4. The first kappa shape index (κ1) is 15.1. The molecule has 1 amide bonds. The largest absolute Gasteiger partial charge is 0.497 e. The van der Waals surface area contributed by atoms with E-state index in [4.69, 9.17) is 10.00 Å². The summed E-state index contributed by atoms with van der Waals surface area (Å²) in [7, 11) is 1.62. The molecule has 1 atom stereocenters. The summed E-state index contributed by atoms with van der Waals surface area (Å²) in [5, 5.41) is 16.1. The van der Waals surface area contributed by atoms with Crippen LogP contribution in [0.3, 0.4) is 0 Å². The molecule has 1 fully saturated rings. The molecule has 1 aliphatic heterocycles. The number of likely N-dealkylation sites (tertiary alicyclic amines) is 1. The highest BCUT2D eigenvalue weighted by Gasteiger charge is 2.25. The number of aromatic amines is 1. The Morgan fingerprint density at radius 2 is 2.22 bits per heavy atom. The minimum Gasteiger partial charge on any atom is -0.497 e. The number of hydrogen-bond donors (Lipinski definition) is 1. The third-order valence-electron chi connectivity index (χ3n) is 4.09. The molecule has 3 rings (SSSR count). The van der Waals surface area contributed by atoms with E-state index >= 15 is 0 Å². The van der Waals surface area contributed by atoms with Crippen LogP contribution in [0.4, 0.5) is 0 Å². The van der Waals surface area contributed by atoms with E-state index in [-0.39, 0.29) is 11.8 Å². The van der Waals surface area contributed by atoms with E-state index in [9.17, 15) is 4.79 Å². The number of benzene rings is 1. The van der Waals surface area contributed by atoms with E-state index in [1.165, 1.54) is 0 Å². The number of piperidine rings is 1. The molecule has 1 N–H and O–H groups in total. The fraction of sp³-hybridized carbons (Fsp3) is 0.353. The summed E-state index contributed by atoms with van der Waals surface area (Å²) in [5.41, 5.74) is 2.08. The molecule has 118 valence electrons. The van der Waals surface area contributed by atoms with Crippen molar-refractivity contribution in [2.45, 2.75) is 12.8 Å². The average molecular weight is 310 g/mol. The number of carbonyl (C=O) groups is 1. The van der Waals surface area contributed by atoms with Crippen molar-refractivity contribution in [3.63, 3.8) is 0 Å². The second-order valence-electron chi connectivity index (χ2n) is 5.61. The van der Waals surface area contributed by atoms with Crippen LogP contribution in [0.25, 0.3) is 11.3 Å². The minimum absolute atomic E-state index is 0.0725. The van der Waals surface area contributed by atoms with Crippen LogP contribution in [0.15, 0.2) is 30.3 Å². The van der Waals surface area contributed by atoms with Gasteiger partial charge in [-0.2, -0.15) is 10.4 Å². The number of ether oxygens (including phenoxy) is 1. The van der Waals surface area contributed by atoms with E-state index < -0.39 is 0 Å². The molecule has 1 aliphatic rings. The average Bonchev–Trinajstić information content (AvgIpc) is 3.11. The molecule has 2 aromatic rings. The number of nitriles is 1. The Morgan fingerprint density at radius 3 is 2.91 bits per heavy atom. The summed E-state index contributed by atoms with van der Waals surface area (Å²) in [6, 6.07) is 11.5. The Bertz CT molecular complexity index is 730. The van der Waals surface area contributed by atoms with Crippen molar-refractivity contribution in [3.8, 4) is 23.1 Å². The van der Waals surface area contributed by atoms with E-state index in [0.717, 1.165) is 24.2 Å². The van der Waals surface area contributed by atoms with Crippen LogP contribution >= 0.6 is 0 Å². The molecule has 0 saturated carbocycles. The van der Waals surface area contributed by atoms with Gasteiger partial charge in [-0.3, -0.25) is 9.89 Å². The van der Waals surface area contributed by atoms with Crippen LogP contribution in [-0.2, 0) is 0 Å². The fourth-order valence-corrected chi connectivity index (χ4v) is 2.78. The molecule has 0 aliphatic carbocycles. The molecule has 0 bridgehead atoms. The molecule has 2 heterocycles. The standard InChI is InChI=1S/C17H18N4O2/c1-23-14-6-4-13(5-7-14)15-9-16(20-19-15)17(22)21-8-2-3-12(10-18)11-21/h4-7,9,12H,2-3,8,11H2,1H3,(H,19,20). The Hall–Kier alpha value is -2.81. The lowest BCUT2D eigenvalue weighted by molar-refractivity contribution is 0.0693. The number of carbonyl (C=O) groups excluding carboxylic acids is 1. The second kappa shape index (κ2) is 6.53. The number of nitrogens with zero attached hydrogens (tertiary/aromatic N) is 3. The van der Waals surface area contributed by atoms with Crippen LogP contribution in [0.2, 0.25) is 0 Å². The van der Waals surface area contributed by atoms with Crippen molar-refractivity contribution in [2.75, 3.05) is 20.2 Å². The molecular formula is C17H18N4O2. The molecule has 1 aromatic heterocycles. The highest BCUT2D eigenvalue weighted by molar-refractivity contribution is 5.93. The maximum Gasteiger partial charge on any atom is 0.271 e. The van der Waals surface area contributed by atoms with Crippen LogP contribution in [0.5, 0.6) is 5.75 Å². The maximum atomic E-state index is 12.5. The monoisotopic (exact) mass is 310 g/mol. The zero-order valence-electron chi connectivity index (χ0n) is 13.0. The summed E-state index contributed by atoms with van der Waals surface area (Å²) in [6.45, 7) is 1.18. The summed E-state index contributed by atoms with van der Waals surface area (Å²) >= 11 is 0. The van der Waals surface area contributed by atoms with E-state index in [2.05, 4.69) is 16.3 Å². The SMILES string of the molecule is COc1ccc(-c2cc(C(=O)N3CCCC(C#N)C3)[nH]n2)cc1. The van der Waals surface area contributed by atoms with Gasteiger partial charge < -0.3 is 9.64 Å². The van der Waals surface area contributed by atoms with Crippen molar-refractivity contribution in [3.05, 3.63) is 36.0 Å². The lowest BCUT2D eigenvalue weighted by atomic mass is 9.99. The Balaban J connectivity index is 1.75. The minimum atomic E-state index is -0.0998. The highest BCUT2D eigenvalue weighted by atomic mass is 16.5. The molecule has 6 heteroatoms. The number of nitrogens with one attached hydrogen (secondary N) is 1. The zero-order chi connectivity index (χ0) is 16.2. The first-order chi connectivity index (χ1) is 11.2. The van der Waals surface area contributed by atoms with Crippen LogP contribution < -0.4 is 4.74 Å². The first-order valence-corrected chi connectivity index (χ1v) is 7.60. The predicted molar refractivity (Wildman–Crippen MR) is 84.8 cm³/mol. The van der Waals surface area contributed by atoms with Gasteiger partial charge in [0.2, 0.25) is 0 Å². The number of methoxy groups -OCH3 is 1. The van der Waals surface area contributed by atoms with Gasteiger partial charge in [0.05, 0.1) is 24.8 Å². The first-order valence-electron chi connectivity index (χ1n) is 7.60. The molecule has 0 spiro atoms. The summed E-state index contributed by atoms with van der Waals surface area (Å²) in [6.07, 6.45) is 1.73. The van der Waals surface area contributed by atoms with Gasteiger partial charge in [0, 0.05) is 18.7 Å². The van der Waals surface area contributed by atoms with Crippen molar-refractivity contribution in [1.82, 2.24) is 15.1 Å². The van der Waals surface area contributed by atoms with Gasteiger partial charge in [-0.05, 0) is 43.2 Å². The lowest BCUT2D eigenvalue weighted by Crippen LogP contribution is -2.39. The fourth-order valence-electron chi connectivity index (χ4n) is 2.78. The summed E-state index contributed by atoms with van der Waals surface area (Å²) < 4.78 is 5.13. The lowest BCUT2D eigenvalue weighted by Gasteiger charge is -2.29. The molecule has 1 aromatic carbocycles. The zero-order valence-corrected chi connectivity index (χ0v) is 13.0. The molecular weight excluding hydrogens is 292 g/mol. The number of amides is 1. The predicted octanol–water partition coefficient (Wildman–Crippen LogP) is 2.46. The third kappa shape index (κ3) is 3.19. The van der Waals surface area contributed by atoms with Crippen molar-refractivity contribution in [2.24, 2.45) is 5.92 Å². The van der Waals surface area contributed by atoms with Gasteiger partial charge in [-0.15, -0.1) is 0 Å². The molecule has 1 unspecified atom stereocenters. The quantitative estimate of drug-likeness (QED) is 0.944. The third-order valence-corrected chi connectivity index (χ3v) is 4.09. The van der Waals surface area contributed by atoms with Crippen molar-refractivity contribution in [1.29, 1.82) is 5.26 Å². The number of H-pyrrole nitrogens is 1. The molecule has 6 nitrogen and oxygen atoms in total. The van der Waals surface area contributed by atoms with Crippen LogP contribution in [0.1, 0.15) is 23.3 Å². The second-order valence-corrected chi connectivity index (χ2v) is 5.61. The molecule has 1 saturated heterocycles. The van der Waals surface area contributed by atoms with E-state index in [0.29, 0.717) is 24.5 Å². The van der Waals surface area contributed by atoms with E-state index in [1.807, 2.05) is 24.3 Å². The molecule has 23 heavy (non-hydrogen) atoms. The van der Waals surface area contributed by atoms with Crippen LogP contribution in [0, 0.1) is 17.2 Å². The van der Waals surface area contributed by atoms with Gasteiger partial charge in [-0.1, -0.05) is 0 Å². The Kier molecular flexibility index (Phi) is 4.29.